The highest BCUT2D eigenvalue weighted by atomic mass is 19.4. The molecule has 16 heavy (non-hydrogen) atoms. The number of halogens is 6. The Labute approximate surface area is 85.7 Å². The van der Waals surface area contributed by atoms with Gasteiger partial charge in [0.1, 0.15) is 5.78 Å². The van der Waals surface area contributed by atoms with Crippen molar-refractivity contribution in [3.63, 3.8) is 0 Å². The number of carbonyl (C=O) groups excluding carboxylic acids is 1. The number of alkyl halides is 6. The first-order chi connectivity index (χ1) is 6.94. The van der Waals surface area contributed by atoms with E-state index < -0.39 is 43.2 Å². The molecule has 0 spiro atoms. The predicted octanol–water partition coefficient (Wildman–Crippen LogP) is 1.18. The molecule has 0 aromatic heterocycles. The first-order valence-corrected chi connectivity index (χ1v) is 3.96. The number of ketones is 1. The van der Waals surface area contributed by atoms with Crippen LogP contribution in [0.25, 0.3) is 0 Å². The van der Waals surface area contributed by atoms with Gasteiger partial charge < -0.3 is 10.2 Å². The third kappa shape index (κ3) is 5.31. The molecule has 3 nitrogen and oxygen atoms in total. The second kappa shape index (κ2) is 5.00. The number of Topliss-reactive ketones (excluding diaryl/α,β-unsaturated/α-hetero) is 1. The average Bonchev–Trinajstić information content (AvgIpc) is 1.99. The van der Waals surface area contributed by atoms with Crippen LogP contribution in [0.4, 0.5) is 26.3 Å². The number of aliphatic hydroxyl groups excluding tert-OH is 2. The van der Waals surface area contributed by atoms with Crippen molar-refractivity contribution in [2.75, 3.05) is 0 Å². The molecule has 96 valence electrons. The van der Waals surface area contributed by atoms with Crippen LogP contribution >= 0.6 is 0 Å². The summed E-state index contributed by atoms with van der Waals surface area (Å²) in [6.45, 7) is 0. The largest absolute Gasteiger partial charge is 0.414 e. The molecule has 0 aliphatic rings. The van der Waals surface area contributed by atoms with Crippen LogP contribution in [0.1, 0.15) is 12.8 Å². The zero-order valence-electron chi connectivity index (χ0n) is 7.64. The van der Waals surface area contributed by atoms with E-state index in [4.69, 9.17) is 10.2 Å². The monoisotopic (exact) mass is 254 g/mol. The minimum atomic E-state index is -5.07. The molecule has 2 atom stereocenters. The lowest BCUT2D eigenvalue weighted by Gasteiger charge is -2.16. The molecule has 0 aromatic carbocycles. The Bertz CT molecular complexity index is 221. The quantitative estimate of drug-likeness (QED) is 0.741. The van der Waals surface area contributed by atoms with Gasteiger partial charge in [0.2, 0.25) is 0 Å². The van der Waals surface area contributed by atoms with Gasteiger partial charge >= 0.3 is 12.4 Å². The fourth-order valence-corrected chi connectivity index (χ4v) is 0.746. The number of aliphatic hydroxyl groups is 2. The van der Waals surface area contributed by atoms with E-state index in [9.17, 15) is 31.1 Å². The van der Waals surface area contributed by atoms with Gasteiger partial charge in [-0.25, -0.2) is 0 Å². The zero-order chi connectivity index (χ0) is 13.1. The maximum atomic E-state index is 11.7. The highest BCUT2D eigenvalue weighted by molar-refractivity contribution is 5.79. The highest BCUT2D eigenvalue weighted by Crippen LogP contribution is 2.25. The lowest BCUT2D eigenvalue weighted by atomic mass is 10.1. The first-order valence-electron chi connectivity index (χ1n) is 3.96. The van der Waals surface area contributed by atoms with Crippen molar-refractivity contribution in [2.45, 2.75) is 37.4 Å². The Morgan fingerprint density at radius 3 is 1.31 bits per heavy atom. The van der Waals surface area contributed by atoms with Gasteiger partial charge in [-0.3, -0.25) is 4.79 Å². The molecule has 0 unspecified atom stereocenters. The van der Waals surface area contributed by atoms with E-state index >= 15 is 0 Å². The Kier molecular flexibility index (Phi) is 4.74. The van der Waals surface area contributed by atoms with Crippen LogP contribution in [0.5, 0.6) is 0 Å². The van der Waals surface area contributed by atoms with Crippen LogP contribution in [0.3, 0.4) is 0 Å². The molecule has 0 aliphatic carbocycles. The summed E-state index contributed by atoms with van der Waals surface area (Å²) < 4.78 is 70.2. The fourth-order valence-electron chi connectivity index (χ4n) is 0.746. The molecule has 0 heterocycles. The van der Waals surface area contributed by atoms with Gasteiger partial charge in [-0.05, 0) is 0 Å². The standard InChI is InChI=1S/C7H8F6O3/c8-6(9,10)4(15)1-3(14)2-5(16)7(11,12)13/h4-5,15-16H,1-2H2/t4-,5-/m1/s1. The first kappa shape index (κ1) is 15.2. The van der Waals surface area contributed by atoms with E-state index in [0.29, 0.717) is 0 Å². The Hall–Kier alpha value is -0.830. The molecule has 0 saturated carbocycles. The van der Waals surface area contributed by atoms with E-state index in [1.165, 1.54) is 0 Å². The van der Waals surface area contributed by atoms with Crippen molar-refractivity contribution in [2.24, 2.45) is 0 Å². The van der Waals surface area contributed by atoms with Crippen LogP contribution in [0, 0.1) is 0 Å². The molecule has 0 amide bonds. The van der Waals surface area contributed by atoms with Gasteiger partial charge in [0.15, 0.2) is 12.2 Å². The van der Waals surface area contributed by atoms with Gasteiger partial charge in [0.25, 0.3) is 0 Å². The molecule has 0 radical (unpaired) electrons. The normalized spacial score (nSPS) is 17.0. The van der Waals surface area contributed by atoms with E-state index in [2.05, 4.69) is 0 Å². The van der Waals surface area contributed by atoms with Crippen molar-refractivity contribution in [3.8, 4) is 0 Å². The second-order valence-electron chi connectivity index (χ2n) is 3.06. The number of hydrogen-bond donors (Lipinski definition) is 2. The summed E-state index contributed by atoms with van der Waals surface area (Å²) in [6.07, 6.45) is -19.2. The number of hydrogen-bond acceptors (Lipinski definition) is 3. The second-order valence-corrected chi connectivity index (χ2v) is 3.06. The Morgan fingerprint density at radius 1 is 0.875 bits per heavy atom. The van der Waals surface area contributed by atoms with Crippen molar-refractivity contribution in [1.82, 2.24) is 0 Å². The minimum absolute atomic E-state index is 1.50. The van der Waals surface area contributed by atoms with Crippen LogP contribution in [-0.4, -0.2) is 40.6 Å². The summed E-state index contributed by atoms with van der Waals surface area (Å²) in [5.41, 5.74) is 0. The number of carbonyl (C=O) groups is 1. The predicted molar refractivity (Wildman–Crippen MR) is 38.4 cm³/mol. The summed E-state index contributed by atoms with van der Waals surface area (Å²) in [6, 6.07) is 0. The van der Waals surface area contributed by atoms with Crippen molar-refractivity contribution >= 4 is 5.78 Å². The Morgan fingerprint density at radius 2 is 1.12 bits per heavy atom. The third-order valence-electron chi connectivity index (χ3n) is 1.60. The smallest absolute Gasteiger partial charge is 0.383 e. The van der Waals surface area contributed by atoms with Crippen LogP contribution in [0.2, 0.25) is 0 Å². The maximum Gasteiger partial charge on any atom is 0.414 e. The molecule has 0 saturated heterocycles. The van der Waals surface area contributed by atoms with Gasteiger partial charge in [-0.15, -0.1) is 0 Å². The molecule has 2 N–H and O–H groups in total. The minimum Gasteiger partial charge on any atom is -0.383 e. The average molecular weight is 254 g/mol. The van der Waals surface area contributed by atoms with Crippen LogP contribution in [0.15, 0.2) is 0 Å². The number of rotatable bonds is 4. The molecule has 0 rings (SSSR count). The molecule has 0 bridgehead atoms. The molecule has 9 heteroatoms. The summed E-state index contributed by atoms with van der Waals surface area (Å²) in [5, 5.41) is 16.7. The molecular formula is C7H8F6O3. The van der Waals surface area contributed by atoms with Crippen LogP contribution in [-0.2, 0) is 4.79 Å². The molecule has 0 fully saturated rings. The van der Waals surface area contributed by atoms with Gasteiger partial charge in [0, 0.05) is 12.8 Å². The lowest BCUT2D eigenvalue weighted by molar-refractivity contribution is -0.212. The van der Waals surface area contributed by atoms with E-state index in [0.717, 1.165) is 0 Å². The molecule has 0 aromatic rings. The van der Waals surface area contributed by atoms with Gasteiger partial charge in [0.05, 0.1) is 0 Å². The topological polar surface area (TPSA) is 57.5 Å². The summed E-state index contributed by atoms with van der Waals surface area (Å²) >= 11 is 0. The summed E-state index contributed by atoms with van der Waals surface area (Å²) in [4.78, 5) is 10.6. The van der Waals surface area contributed by atoms with E-state index in [1.54, 1.807) is 0 Å². The fraction of sp³-hybridized carbons (Fsp3) is 0.857. The third-order valence-corrected chi connectivity index (χ3v) is 1.60. The Balaban J connectivity index is 4.21. The highest BCUT2D eigenvalue weighted by Gasteiger charge is 2.42. The van der Waals surface area contributed by atoms with E-state index in [1.807, 2.05) is 0 Å². The molecule has 0 aliphatic heterocycles. The van der Waals surface area contributed by atoms with Gasteiger partial charge in [-0.2, -0.15) is 26.3 Å². The van der Waals surface area contributed by atoms with E-state index in [-0.39, 0.29) is 0 Å². The van der Waals surface area contributed by atoms with Crippen LogP contribution < -0.4 is 0 Å². The molecular weight excluding hydrogens is 246 g/mol. The van der Waals surface area contributed by atoms with Gasteiger partial charge in [-0.1, -0.05) is 0 Å². The lowest BCUT2D eigenvalue weighted by Crippen LogP contribution is -2.35. The summed E-state index contributed by atoms with van der Waals surface area (Å²) in [7, 11) is 0. The summed E-state index contributed by atoms with van der Waals surface area (Å²) in [5.74, 6) is -1.52. The maximum absolute atomic E-state index is 11.7. The zero-order valence-corrected chi connectivity index (χ0v) is 7.64. The van der Waals surface area contributed by atoms with Crippen molar-refractivity contribution in [3.05, 3.63) is 0 Å². The van der Waals surface area contributed by atoms with Crippen molar-refractivity contribution in [1.29, 1.82) is 0 Å². The SMILES string of the molecule is O=C(C[C@@H](O)C(F)(F)F)C[C@@H](O)C(F)(F)F. The van der Waals surface area contributed by atoms with Crippen molar-refractivity contribution < 1.29 is 41.4 Å².